The van der Waals surface area contributed by atoms with Crippen LogP contribution in [0.2, 0.25) is 0 Å². The molecule has 1 unspecified atom stereocenters. The topological polar surface area (TPSA) is 104 Å². The van der Waals surface area contributed by atoms with Crippen molar-refractivity contribution in [3.8, 4) is 0 Å². The first kappa shape index (κ1) is 17.8. The largest absolute Gasteiger partial charge is 0.481 e. The van der Waals surface area contributed by atoms with Crippen LogP contribution in [0.5, 0.6) is 0 Å². The first-order chi connectivity index (χ1) is 12.5. The molecule has 1 aromatic carbocycles. The molecule has 0 bridgehead atoms. The third-order valence-electron chi connectivity index (χ3n) is 4.68. The van der Waals surface area contributed by atoms with Gasteiger partial charge in [-0.05, 0) is 36.4 Å². The molecule has 3 rings (SSSR count). The Bertz CT molecular complexity index is 845. The highest BCUT2D eigenvalue weighted by Gasteiger charge is 2.28. The van der Waals surface area contributed by atoms with E-state index in [-0.39, 0.29) is 25.0 Å². The molecule has 1 atom stereocenters. The van der Waals surface area contributed by atoms with Gasteiger partial charge in [0.2, 0.25) is 5.91 Å². The van der Waals surface area contributed by atoms with Gasteiger partial charge < -0.3 is 25.2 Å². The molecule has 138 valence electrons. The Morgan fingerprint density at radius 1 is 1.27 bits per heavy atom. The third kappa shape index (κ3) is 3.79. The molecule has 3 amide bonds. The number of likely N-dealkylation sites (N-methyl/N-ethyl adjacent to an activating group) is 1. The Morgan fingerprint density at radius 2 is 2.08 bits per heavy atom. The number of anilines is 1. The summed E-state index contributed by atoms with van der Waals surface area (Å²) in [6, 6.07) is 7.09. The number of fused-ring (bicyclic) bond motifs is 1. The van der Waals surface area contributed by atoms with E-state index in [9.17, 15) is 14.4 Å². The maximum absolute atomic E-state index is 12.5. The van der Waals surface area contributed by atoms with E-state index < -0.39 is 11.9 Å². The molecular formula is C18H22N4O4. The van der Waals surface area contributed by atoms with Gasteiger partial charge in [-0.25, -0.2) is 4.79 Å². The Labute approximate surface area is 150 Å². The zero-order valence-electron chi connectivity index (χ0n) is 14.6. The molecule has 0 spiro atoms. The average molecular weight is 358 g/mol. The standard InChI is InChI=1S/C18H22N4O4/c1-19-16(23)11-21-8-6-12-4-5-14(9-15(12)21)20-18(26)22-7-2-3-13(10-22)17(24)25/h4-6,8-9,13H,2-3,7,10-11H2,1H3,(H,19,23)(H,20,26)(H,24,25). The van der Waals surface area contributed by atoms with Crippen molar-refractivity contribution in [1.29, 1.82) is 0 Å². The van der Waals surface area contributed by atoms with Gasteiger partial charge in [-0.1, -0.05) is 6.07 Å². The number of aliphatic carboxylic acids is 1. The number of hydrogen-bond donors (Lipinski definition) is 3. The predicted octanol–water partition coefficient (Wildman–Crippen LogP) is 1.72. The molecule has 0 saturated carbocycles. The number of hydrogen-bond acceptors (Lipinski definition) is 3. The lowest BCUT2D eigenvalue weighted by Crippen LogP contribution is -2.44. The summed E-state index contributed by atoms with van der Waals surface area (Å²) in [6.07, 6.45) is 3.10. The second kappa shape index (κ2) is 7.47. The number of nitrogens with one attached hydrogen (secondary N) is 2. The van der Waals surface area contributed by atoms with Gasteiger partial charge in [0.05, 0.1) is 11.4 Å². The van der Waals surface area contributed by atoms with Crippen molar-refractivity contribution in [1.82, 2.24) is 14.8 Å². The highest BCUT2D eigenvalue weighted by Crippen LogP contribution is 2.22. The van der Waals surface area contributed by atoms with Gasteiger partial charge >= 0.3 is 12.0 Å². The molecule has 3 N–H and O–H groups in total. The number of rotatable bonds is 4. The zero-order chi connectivity index (χ0) is 18.7. The minimum atomic E-state index is -0.865. The Morgan fingerprint density at radius 3 is 2.81 bits per heavy atom. The molecule has 8 nitrogen and oxygen atoms in total. The summed E-state index contributed by atoms with van der Waals surface area (Å²) in [5, 5.41) is 15.5. The molecule has 8 heteroatoms. The summed E-state index contributed by atoms with van der Waals surface area (Å²) in [5.74, 6) is -1.48. The van der Waals surface area contributed by atoms with Crippen LogP contribution in [0.25, 0.3) is 10.9 Å². The number of benzene rings is 1. The quantitative estimate of drug-likeness (QED) is 0.774. The Hall–Kier alpha value is -3.03. The fraction of sp³-hybridized carbons (Fsp3) is 0.389. The van der Waals surface area contributed by atoms with Gasteiger partial charge in [0.1, 0.15) is 6.54 Å². The Balaban J connectivity index is 1.74. The van der Waals surface area contributed by atoms with Gasteiger partial charge in [0.15, 0.2) is 0 Å². The maximum atomic E-state index is 12.5. The van der Waals surface area contributed by atoms with Crippen molar-refractivity contribution in [2.45, 2.75) is 19.4 Å². The van der Waals surface area contributed by atoms with Crippen LogP contribution >= 0.6 is 0 Å². The number of likely N-dealkylation sites (tertiary alicyclic amines) is 1. The molecule has 26 heavy (non-hydrogen) atoms. The Kier molecular flexibility index (Phi) is 5.11. The number of carbonyl (C=O) groups excluding carboxylic acids is 2. The van der Waals surface area contributed by atoms with Gasteiger partial charge in [-0.2, -0.15) is 0 Å². The normalized spacial score (nSPS) is 17.1. The summed E-state index contributed by atoms with van der Waals surface area (Å²) in [7, 11) is 1.59. The zero-order valence-corrected chi connectivity index (χ0v) is 14.6. The summed E-state index contributed by atoms with van der Waals surface area (Å²) in [4.78, 5) is 36.8. The SMILES string of the molecule is CNC(=O)Cn1ccc2ccc(NC(=O)N3CCCC(C(=O)O)C3)cc21. The van der Waals surface area contributed by atoms with Gasteiger partial charge in [0.25, 0.3) is 0 Å². The van der Waals surface area contributed by atoms with Crippen LogP contribution in [0, 0.1) is 5.92 Å². The molecule has 0 aliphatic carbocycles. The van der Waals surface area contributed by atoms with Crippen LogP contribution in [-0.2, 0) is 16.1 Å². The fourth-order valence-corrected chi connectivity index (χ4v) is 3.20. The van der Waals surface area contributed by atoms with Crippen molar-refractivity contribution in [2.75, 3.05) is 25.5 Å². The number of nitrogens with zero attached hydrogens (tertiary/aromatic N) is 2. The minimum Gasteiger partial charge on any atom is -0.481 e. The van der Waals surface area contributed by atoms with Crippen LogP contribution in [0.1, 0.15) is 12.8 Å². The van der Waals surface area contributed by atoms with E-state index in [0.717, 1.165) is 10.9 Å². The van der Waals surface area contributed by atoms with Gasteiger partial charge in [0, 0.05) is 32.0 Å². The van der Waals surface area contributed by atoms with Crippen molar-refractivity contribution in [3.63, 3.8) is 0 Å². The molecule has 1 fully saturated rings. The number of carbonyl (C=O) groups is 3. The van der Waals surface area contributed by atoms with E-state index in [1.165, 1.54) is 4.90 Å². The first-order valence-electron chi connectivity index (χ1n) is 8.56. The summed E-state index contributed by atoms with van der Waals surface area (Å²) < 4.78 is 1.81. The number of piperidine rings is 1. The monoisotopic (exact) mass is 358 g/mol. The molecule has 1 aliphatic rings. The van der Waals surface area contributed by atoms with E-state index in [0.29, 0.717) is 25.1 Å². The summed E-state index contributed by atoms with van der Waals surface area (Å²) in [6.45, 7) is 0.963. The molecular weight excluding hydrogens is 336 g/mol. The van der Waals surface area contributed by atoms with Crippen LogP contribution < -0.4 is 10.6 Å². The van der Waals surface area contributed by atoms with E-state index in [1.54, 1.807) is 13.1 Å². The van der Waals surface area contributed by atoms with Crippen LogP contribution in [0.4, 0.5) is 10.5 Å². The highest BCUT2D eigenvalue weighted by atomic mass is 16.4. The lowest BCUT2D eigenvalue weighted by Gasteiger charge is -2.30. The van der Waals surface area contributed by atoms with Crippen LogP contribution in [-0.4, -0.2) is 52.6 Å². The number of aromatic nitrogens is 1. The van der Waals surface area contributed by atoms with E-state index in [1.807, 2.05) is 29.0 Å². The number of amides is 3. The van der Waals surface area contributed by atoms with E-state index in [2.05, 4.69) is 10.6 Å². The van der Waals surface area contributed by atoms with E-state index in [4.69, 9.17) is 5.11 Å². The summed E-state index contributed by atoms with van der Waals surface area (Å²) in [5.41, 5.74) is 1.45. The highest BCUT2D eigenvalue weighted by molar-refractivity contribution is 5.93. The van der Waals surface area contributed by atoms with Gasteiger partial charge in [-0.3, -0.25) is 9.59 Å². The average Bonchev–Trinajstić information content (AvgIpc) is 3.03. The van der Waals surface area contributed by atoms with Crippen molar-refractivity contribution in [3.05, 3.63) is 30.5 Å². The third-order valence-corrected chi connectivity index (χ3v) is 4.68. The molecule has 2 heterocycles. The lowest BCUT2D eigenvalue weighted by molar-refractivity contribution is -0.143. The second-order valence-corrected chi connectivity index (χ2v) is 6.44. The van der Waals surface area contributed by atoms with Crippen molar-refractivity contribution < 1.29 is 19.5 Å². The van der Waals surface area contributed by atoms with Crippen molar-refractivity contribution in [2.24, 2.45) is 5.92 Å². The number of carboxylic acid groups (broad SMARTS) is 1. The fourth-order valence-electron chi connectivity index (χ4n) is 3.20. The molecule has 0 radical (unpaired) electrons. The van der Waals surface area contributed by atoms with Crippen LogP contribution in [0.15, 0.2) is 30.5 Å². The first-order valence-corrected chi connectivity index (χ1v) is 8.56. The molecule has 1 saturated heterocycles. The smallest absolute Gasteiger partial charge is 0.321 e. The van der Waals surface area contributed by atoms with Crippen LogP contribution in [0.3, 0.4) is 0 Å². The molecule has 1 aromatic heterocycles. The lowest BCUT2D eigenvalue weighted by atomic mass is 9.99. The minimum absolute atomic E-state index is 0.107. The maximum Gasteiger partial charge on any atom is 0.321 e. The number of carboxylic acids is 1. The van der Waals surface area contributed by atoms with E-state index >= 15 is 0 Å². The predicted molar refractivity (Wildman–Crippen MR) is 97.0 cm³/mol. The second-order valence-electron chi connectivity index (χ2n) is 6.44. The molecule has 2 aromatic rings. The summed E-state index contributed by atoms with van der Waals surface area (Å²) >= 11 is 0. The van der Waals surface area contributed by atoms with Crippen molar-refractivity contribution >= 4 is 34.5 Å². The molecule has 1 aliphatic heterocycles. The van der Waals surface area contributed by atoms with Gasteiger partial charge in [-0.15, -0.1) is 0 Å². The number of urea groups is 1.